The van der Waals surface area contributed by atoms with E-state index < -0.39 is 4.92 Å². The van der Waals surface area contributed by atoms with Crippen LogP contribution in [0.2, 0.25) is 0 Å². The van der Waals surface area contributed by atoms with Gasteiger partial charge in [-0.15, -0.1) is 0 Å². The van der Waals surface area contributed by atoms with Gasteiger partial charge in [-0.25, -0.2) is 0 Å². The van der Waals surface area contributed by atoms with Gasteiger partial charge in [0.05, 0.1) is 16.7 Å². The summed E-state index contributed by atoms with van der Waals surface area (Å²) in [5, 5.41) is 15.1. The number of aromatic nitrogens is 2. The lowest BCUT2D eigenvalue weighted by Gasteiger charge is -2.29. The Kier molecular flexibility index (Phi) is 5.07. The number of benzene rings is 2. The molecule has 0 bridgehead atoms. The van der Waals surface area contributed by atoms with Crippen LogP contribution in [0.15, 0.2) is 85.2 Å². The third-order valence-electron chi connectivity index (χ3n) is 6.15. The lowest BCUT2D eigenvalue weighted by Crippen LogP contribution is -2.30. The van der Waals surface area contributed by atoms with Crippen LogP contribution < -0.4 is 19.7 Å². The molecule has 2 aromatic carbocycles. The molecular weight excluding hydrogens is 466 g/mol. The summed E-state index contributed by atoms with van der Waals surface area (Å²) in [6.07, 6.45) is 3.70. The van der Waals surface area contributed by atoms with Crippen molar-refractivity contribution in [1.29, 1.82) is 0 Å². The van der Waals surface area contributed by atoms with Crippen molar-refractivity contribution in [2.24, 2.45) is 0 Å². The van der Waals surface area contributed by atoms with Crippen molar-refractivity contribution in [3.8, 4) is 17.2 Å². The molecule has 0 radical (unpaired) electrons. The lowest BCUT2D eigenvalue weighted by molar-refractivity contribution is -0.384. The Morgan fingerprint density at radius 2 is 1.80 bits per heavy atom. The molecule has 0 amide bonds. The van der Waals surface area contributed by atoms with E-state index in [0.29, 0.717) is 16.6 Å². The maximum absolute atomic E-state index is 11.1. The Labute approximate surface area is 205 Å². The SMILES string of the molecule is O=[N+]([O-])c1ccc(-n2cccc2[C@@H]2[C@@H](c3ccccn3)NC(=S)N2c2ccc3c(c2)OCO3)cc1. The van der Waals surface area contributed by atoms with Gasteiger partial charge in [-0.1, -0.05) is 6.07 Å². The molecule has 0 saturated carbocycles. The van der Waals surface area contributed by atoms with Crippen LogP contribution in [0.1, 0.15) is 23.5 Å². The van der Waals surface area contributed by atoms with Gasteiger partial charge in [-0.2, -0.15) is 0 Å². The lowest BCUT2D eigenvalue weighted by atomic mass is 10.0. The van der Waals surface area contributed by atoms with Gasteiger partial charge in [0.1, 0.15) is 6.04 Å². The zero-order chi connectivity index (χ0) is 23.9. The highest BCUT2D eigenvalue weighted by Crippen LogP contribution is 2.44. The normalized spacial score (nSPS) is 18.5. The largest absolute Gasteiger partial charge is 0.454 e. The van der Waals surface area contributed by atoms with E-state index >= 15 is 0 Å². The fraction of sp³-hybridized carbons (Fsp3) is 0.120. The fourth-order valence-electron chi connectivity index (χ4n) is 4.57. The number of nitro groups is 1. The Morgan fingerprint density at radius 1 is 1.00 bits per heavy atom. The number of ether oxygens (including phenoxy) is 2. The van der Waals surface area contributed by atoms with Gasteiger partial charge in [0.15, 0.2) is 16.6 Å². The van der Waals surface area contributed by atoms with Gasteiger partial charge >= 0.3 is 0 Å². The van der Waals surface area contributed by atoms with Gasteiger partial charge in [-0.05, 0) is 60.7 Å². The minimum Gasteiger partial charge on any atom is -0.454 e. The quantitative estimate of drug-likeness (QED) is 0.247. The number of pyridine rings is 1. The van der Waals surface area contributed by atoms with E-state index in [1.807, 2.05) is 64.2 Å². The van der Waals surface area contributed by atoms with Crippen molar-refractivity contribution in [1.82, 2.24) is 14.9 Å². The molecule has 174 valence electrons. The highest BCUT2D eigenvalue weighted by molar-refractivity contribution is 7.80. The predicted octanol–water partition coefficient (Wildman–Crippen LogP) is 4.69. The molecule has 4 aromatic rings. The number of anilines is 1. The Bertz CT molecular complexity index is 1420. The highest BCUT2D eigenvalue weighted by atomic mass is 32.1. The second-order valence-corrected chi connectivity index (χ2v) is 8.50. The molecule has 1 N–H and O–H groups in total. The second kappa shape index (κ2) is 8.41. The second-order valence-electron chi connectivity index (χ2n) is 8.11. The Hall–Kier alpha value is -4.44. The number of hydrogen-bond acceptors (Lipinski definition) is 6. The number of nitro benzene ring substituents is 1. The number of nitrogens with one attached hydrogen (secondary N) is 1. The smallest absolute Gasteiger partial charge is 0.269 e. The average Bonchev–Trinajstić information content (AvgIpc) is 3.62. The molecule has 6 rings (SSSR count). The predicted molar refractivity (Wildman–Crippen MR) is 133 cm³/mol. The summed E-state index contributed by atoms with van der Waals surface area (Å²) >= 11 is 5.82. The molecule has 2 aliphatic rings. The number of fused-ring (bicyclic) bond motifs is 1. The Morgan fingerprint density at radius 3 is 2.57 bits per heavy atom. The van der Waals surface area contributed by atoms with Crippen LogP contribution in [0, 0.1) is 10.1 Å². The van der Waals surface area contributed by atoms with Crippen molar-refractivity contribution in [2.75, 3.05) is 11.7 Å². The molecule has 1 fully saturated rings. The minimum atomic E-state index is -0.405. The maximum Gasteiger partial charge on any atom is 0.269 e. The zero-order valence-electron chi connectivity index (χ0n) is 18.3. The Balaban J connectivity index is 1.48. The average molecular weight is 486 g/mol. The molecule has 4 heterocycles. The van der Waals surface area contributed by atoms with Crippen LogP contribution in [-0.2, 0) is 0 Å². The number of hydrogen-bond donors (Lipinski definition) is 1. The van der Waals surface area contributed by atoms with Gasteiger partial charge in [0, 0.05) is 47.7 Å². The summed E-state index contributed by atoms with van der Waals surface area (Å²) < 4.78 is 13.1. The van der Waals surface area contributed by atoms with Gasteiger partial charge in [0.2, 0.25) is 6.79 Å². The minimum absolute atomic E-state index is 0.0412. The maximum atomic E-state index is 11.1. The first-order chi connectivity index (χ1) is 17.1. The molecule has 2 aromatic heterocycles. The topological polar surface area (TPSA) is 94.7 Å². The van der Waals surface area contributed by atoms with Crippen molar-refractivity contribution < 1.29 is 14.4 Å². The summed E-state index contributed by atoms with van der Waals surface area (Å²) in [6.45, 7) is 0.185. The van der Waals surface area contributed by atoms with E-state index in [0.717, 1.165) is 22.8 Å². The molecule has 35 heavy (non-hydrogen) atoms. The molecule has 2 aliphatic heterocycles. The molecule has 10 heteroatoms. The summed E-state index contributed by atoms with van der Waals surface area (Å²) in [5.41, 5.74) is 3.49. The van der Waals surface area contributed by atoms with Crippen LogP contribution in [0.25, 0.3) is 5.69 Å². The molecule has 9 nitrogen and oxygen atoms in total. The fourth-order valence-corrected chi connectivity index (χ4v) is 4.92. The van der Waals surface area contributed by atoms with Crippen molar-refractivity contribution >= 4 is 28.7 Å². The molecule has 0 unspecified atom stereocenters. The van der Waals surface area contributed by atoms with Crippen LogP contribution in [0.5, 0.6) is 11.5 Å². The molecule has 2 atom stereocenters. The van der Waals surface area contributed by atoms with E-state index in [2.05, 4.69) is 10.3 Å². The molecular formula is C25H19N5O4S. The van der Waals surface area contributed by atoms with E-state index in [1.54, 1.807) is 18.3 Å². The highest BCUT2D eigenvalue weighted by Gasteiger charge is 2.42. The number of thiocarbonyl (C=S) groups is 1. The monoisotopic (exact) mass is 485 g/mol. The summed E-state index contributed by atoms with van der Waals surface area (Å²) in [7, 11) is 0. The van der Waals surface area contributed by atoms with E-state index in [4.69, 9.17) is 21.7 Å². The van der Waals surface area contributed by atoms with Crippen LogP contribution in [0.4, 0.5) is 11.4 Å². The zero-order valence-corrected chi connectivity index (χ0v) is 19.1. The van der Waals surface area contributed by atoms with Gasteiger partial charge in [-0.3, -0.25) is 15.1 Å². The molecule has 0 aliphatic carbocycles. The first kappa shape index (κ1) is 21.1. The van der Waals surface area contributed by atoms with Crippen molar-refractivity contribution in [3.05, 3.63) is 107 Å². The third kappa shape index (κ3) is 3.64. The number of nitrogens with zero attached hydrogens (tertiary/aromatic N) is 4. The number of rotatable bonds is 5. The van der Waals surface area contributed by atoms with Crippen molar-refractivity contribution in [3.63, 3.8) is 0 Å². The van der Waals surface area contributed by atoms with Crippen LogP contribution in [-0.4, -0.2) is 26.4 Å². The van der Waals surface area contributed by atoms with Crippen LogP contribution in [0.3, 0.4) is 0 Å². The first-order valence-electron chi connectivity index (χ1n) is 10.9. The van der Waals surface area contributed by atoms with E-state index in [9.17, 15) is 10.1 Å². The number of non-ortho nitro benzene ring substituents is 1. The van der Waals surface area contributed by atoms with E-state index in [-0.39, 0.29) is 24.6 Å². The van der Waals surface area contributed by atoms with Crippen LogP contribution >= 0.6 is 12.2 Å². The van der Waals surface area contributed by atoms with Gasteiger partial charge in [0.25, 0.3) is 5.69 Å². The molecule has 1 saturated heterocycles. The standard InChI is InChI=1S/C25H19N5O4S/c31-30(32)17-8-6-16(7-9-17)28-13-3-5-20(28)24-23(19-4-1-2-12-26-19)27-25(35)29(24)18-10-11-21-22(14-18)34-15-33-21/h1-14,23-24H,15H2,(H,27,35)/t23-,24-/m1/s1. The molecule has 0 spiro atoms. The van der Waals surface area contributed by atoms with Crippen molar-refractivity contribution in [2.45, 2.75) is 12.1 Å². The summed E-state index contributed by atoms with van der Waals surface area (Å²) in [5.74, 6) is 1.36. The van der Waals surface area contributed by atoms with Gasteiger partial charge < -0.3 is 24.3 Å². The van der Waals surface area contributed by atoms with E-state index in [1.165, 1.54) is 12.1 Å². The summed E-state index contributed by atoms with van der Waals surface area (Å²) in [4.78, 5) is 17.4. The third-order valence-corrected chi connectivity index (χ3v) is 6.47. The first-order valence-corrected chi connectivity index (χ1v) is 11.3. The summed E-state index contributed by atoms with van der Waals surface area (Å²) in [6, 6.07) is 21.5.